The minimum Gasteiger partial charge on any atom is -0.293 e. The predicted molar refractivity (Wildman–Crippen MR) is 41.4 cm³/mol. The molecule has 56 valence electrons. The van der Waals surface area contributed by atoms with Crippen LogP contribution >= 0.6 is 0 Å². The maximum atomic E-state index is 10.7. The number of carbonyl (C=O) groups is 1. The zero-order valence-electron chi connectivity index (χ0n) is 6.34. The molecule has 1 aliphatic carbocycles. The molecule has 0 aliphatic heterocycles. The van der Waals surface area contributed by atoms with Crippen LogP contribution in [0.1, 0.15) is 32.6 Å². The molecular formula is C8H13NO. The second-order valence-electron chi connectivity index (χ2n) is 2.68. The van der Waals surface area contributed by atoms with E-state index >= 15 is 0 Å². The van der Waals surface area contributed by atoms with Crippen LogP contribution in [0.3, 0.4) is 0 Å². The Morgan fingerprint density at radius 3 is 2.80 bits per heavy atom. The molecular weight excluding hydrogens is 126 g/mol. The Morgan fingerprint density at radius 2 is 2.40 bits per heavy atom. The molecule has 1 aliphatic rings. The van der Waals surface area contributed by atoms with Crippen LogP contribution in [0.4, 0.5) is 0 Å². The average Bonchev–Trinajstić information content (AvgIpc) is 1.84. The highest BCUT2D eigenvalue weighted by Crippen LogP contribution is 2.21. The van der Waals surface area contributed by atoms with Gasteiger partial charge in [-0.25, -0.2) is 0 Å². The highest BCUT2D eigenvalue weighted by atomic mass is 16.1. The Balaban J connectivity index is 2.21. The van der Waals surface area contributed by atoms with Gasteiger partial charge in [0.15, 0.2) is 5.78 Å². The van der Waals surface area contributed by atoms with Crippen molar-refractivity contribution < 1.29 is 4.79 Å². The van der Waals surface area contributed by atoms with Crippen molar-refractivity contribution in [1.82, 2.24) is 0 Å². The van der Waals surface area contributed by atoms with Gasteiger partial charge in [0.1, 0.15) is 0 Å². The van der Waals surface area contributed by atoms with Crippen molar-refractivity contribution in [3.05, 3.63) is 0 Å². The normalized spacial score (nSPS) is 19.3. The van der Waals surface area contributed by atoms with E-state index in [0.29, 0.717) is 12.5 Å². The van der Waals surface area contributed by atoms with Crippen LogP contribution in [0, 0.1) is 0 Å². The minimum atomic E-state index is 0.145. The SMILES string of the molecule is CCC(=O)C=NC1CCC1. The Bertz CT molecular complexity index is 147. The Kier molecular flexibility index (Phi) is 2.60. The average molecular weight is 139 g/mol. The Morgan fingerprint density at radius 1 is 1.70 bits per heavy atom. The number of hydrogen-bond acceptors (Lipinski definition) is 2. The summed E-state index contributed by atoms with van der Waals surface area (Å²) in [5.41, 5.74) is 0. The highest BCUT2D eigenvalue weighted by molar-refractivity contribution is 6.27. The monoisotopic (exact) mass is 139 g/mol. The van der Waals surface area contributed by atoms with E-state index in [9.17, 15) is 4.79 Å². The molecule has 0 unspecified atom stereocenters. The number of nitrogens with zero attached hydrogens (tertiary/aromatic N) is 1. The van der Waals surface area contributed by atoms with E-state index < -0.39 is 0 Å². The molecule has 1 saturated carbocycles. The third-order valence-corrected chi connectivity index (χ3v) is 1.85. The molecule has 0 spiro atoms. The van der Waals surface area contributed by atoms with Crippen molar-refractivity contribution >= 4 is 12.0 Å². The lowest BCUT2D eigenvalue weighted by Crippen LogP contribution is -2.15. The maximum Gasteiger partial charge on any atom is 0.173 e. The van der Waals surface area contributed by atoms with E-state index in [1.807, 2.05) is 6.92 Å². The summed E-state index contributed by atoms with van der Waals surface area (Å²) in [5, 5.41) is 0. The van der Waals surface area contributed by atoms with Gasteiger partial charge in [-0.15, -0.1) is 0 Å². The van der Waals surface area contributed by atoms with Gasteiger partial charge in [0.05, 0.1) is 12.3 Å². The molecule has 2 heteroatoms. The van der Waals surface area contributed by atoms with Gasteiger partial charge < -0.3 is 0 Å². The summed E-state index contributed by atoms with van der Waals surface area (Å²) in [7, 11) is 0. The van der Waals surface area contributed by atoms with E-state index in [0.717, 1.165) is 0 Å². The molecule has 0 bridgehead atoms. The zero-order chi connectivity index (χ0) is 7.40. The van der Waals surface area contributed by atoms with Crippen LogP contribution in [0.15, 0.2) is 4.99 Å². The summed E-state index contributed by atoms with van der Waals surface area (Å²) in [6, 6.07) is 0.468. The van der Waals surface area contributed by atoms with Crippen LogP contribution in [0.5, 0.6) is 0 Å². The van der Waals surface area contributed by atoms with E-state index in [4.69, 9.17) is 0 Å². The number of ketones is 1. The molecule has 0 amide bonds. The molecule has 0 atom stereocenters. The van der Waals surface area contributed by atoms with Gasteiger partial charge >= 0.3 is 0 Å². The largest absolute Gasteiger partial charge is 0.293 e. The van der Waals surface area contributed by atoms with Gasteiger partial charge in [0.2, 0.25) is 0 Å². The minimum absolute atomic E-state index is 0.145. The second kappa shape index (κ2) is 3.49. The number of rotatable bonds is 3. The van der Waals surface area contributed by atoms with Crippen LogP contribution in [-0.4, -0.2) is 18.0 Å². The summed E-state index contributed by atoms with van der Waals surface area (Å²) in [6.45, 7) is 1.86. The standard InChI is InChI=1S/C8H13NO/c1-2-8(10)6-9-7-4-3-5-7/h6-7H,2-5H2,1H3. The van der Waals surface area contributed by atoms with E-state index in [2.05, 4.69) is 4.99 Å². The highest BCUT2D eigenvalue weighted by Gasteiger charge is 2.14. The molecule has 0 aromatic heterocycles. The molecule has 2 nitrogen and oxygen atoms in total. The molecule has 0 saturated heterocycles. The van der Waals surface area contributed by atoms with Crippen LogP contribution < -0.4 is 0 Å². The molecule has 1 rings (SSSR count). The molecule has 0 aromatic rings. The summed E-state index contributed by atoms with van der Waals surface area (Å²) in [5.74, 6) is 0.145. The van der Waals surface area contributed by atoms with Crippen LogP contribution in [0.25, 0.3) is 0 Å². The first kappa shape index (κ1) is 7.45. The lowest BCUT2D eigenvalue weighted by molar-refractivity contribution is -0.112. The Hall–Kier alpha value is -0.660. The first-order valence-electron chi connectivity index (χ1n) is 3.89. The van der Waals surface area contributed by atoms with Crippen molar-refractivity contribution in [2.24, 2.45) is 4.99 Å². The zero-order valence-corrected chi connectivity index (χ0v) is 6.34. The number of aliphatic imine (C=N–C) groups is 1. The van der Waals surface area contributed by atoms with Crippen molar-refractivity contribution in [1.29, 1.82) is 0 Å². The van der Waals surface area contributed by atoms with E-state index in [1.54, 1.807) is 0 Å². The first-order valence-corrected chi connectivity index (χ1v) is 3.89. The summed E-state index contributed by atoms with van der Waals surface area (Å²) >= 11 is 0. The first-order chi connectivity index (χ1) is 4.83. The van der Waals surface area contributed by atoms with Crippen molar-refractivity contribution in [3.8, 4) is 0 Å². The lowest BCUT2D eigenvalue weighted by atomic mass is 9.94. The number of carbonyl (C=O) groups excluding carboxylic acids is 1. The Labute approximate surface area is 61.3 Å². The van der Waals surface area contributed by atoms with Crippen molar-refractivity contribution in [2.75, 3.05) is 0 Å². The summed E-state index contributed by atoms with van der Waals surface area (Å²) < 4.78 is 0. The molecule has 0 heterocycles. The van der Waals surface area contributed by atoms with E-state index in [-0.39, 0.29) is 5.78 Å². The molecule has 0 aromatic carbocycles. The lowest BCUT2D eigenvalue weighted by Gasteiger charge is -2.19. The van der Waals surface area contributed by atoms with Gasteiger partial charge in [0, 0.05) is 6.42 Å². The quantitative estimate of drug-likeness (QED) is 0.546. The van der Waals surface area contributed by atoms with Gasteiger partial charge in [-0.1, -0.05) is 6.92 Å². The summed E-state index contributed by atoms with van der Waals surface area (Å²) in [4.78, 5) is 14.8. The van der Waals surface area contributed by atoms with Crippen molar-refractivity contribution in [2.45, 2.75) is 38.6 Å². The molecule has 0 N–H and O–H groups in total. The summed E-state index contributed by atoms with van der Waals surface area (Å²) in [6.07, 6.45) is 5.70. The van der Waals surface area contributed by atoms with Gasteiger partial charge in [-0.3, -0.25) is 9.79 Å². The second-order valence-corrected chi connectivity index (χ2v) is 2.68. The topological polar surface area (TPSA) is 29.4 Å². The number of Topliss-reactive ketones (excluding diaryl/α,β-unsaturated/α-hetero) is 1. The molecule has 0 radical (unpaired) electrons. The third-order valence-electron chi connectivity index (χ3n) is 1.85. The van der Waals surface area contributed by atoms with Gasteiger partial charge in [0.25, 0.3) is 0 Å². The fourth-order valence-corrected chi connectivity index (χ4v) is 0.816. The molecule has 10 heavy (non-hydrogen) atoms. The fraction of sp³-hybridized carbons (Fsp3) is 0.750. The fourth-order valence-electron chi connectivity index (χ4n) is 0.816. The maximum absolute atomic E-state index is 10.7. The number of hydrogen-bond donors (Lipinski definition) is 0. The van der Waals surface area contributed by atoms with Gasteiger partial charge in [-0.2, -0.15) is 0 Å². The van der Waals surface area contributed by atoms with E-state index in [1.165, 1.54) is 25.5 Å². The van der Waals surface area contributed by atoms with Crippen LogP contribution in [-0.2, 0) is 4.79 Å². The third kappa shape index (κ3) is 1.94. The predicted octanol–water partition coefficient (Wildman–Crippen LogP) is 1.59. The van der Waals surface area contributed by atoms with Crippen LogP contribution in [0.2, 0.25) is 0 Å². The van der Waals surface area contributed by atoms with Crippen molar-refractivity contribution in [3.63, 3.8) is 0 Å². The smallest absolute Gasteiger partial charge is 0.173 e. The van der Waals surface area contributed by atoms with Gasteiger partial charge in [-0.05, 0) is 19.3 Å². The molecule has 1 fully saturated rings.